The highest BCUT2D eigenvalue weighted by molar-refractivity contribution is 5.37. The van der Waals surface area contributed by atoms with Crippen molar-refractivity contribution in [3.63, 3.8) is 0 Å². The van der Waals surface area contributed by atoms with Crippen molar-refractivity contribution >= 4 is 0 Å². The predicted octanol–water partition coefficient (Wildman–Crippen LogP) is 0.671. The molecule has 0 spiro atoms. The third-order valence-electron chi connectivity index (χ3n) is 5.06. The van der Waals surface area contributed by atoms with E-state index in [9.17, 15) is 24.8 Å². The van der Waals surface area contributed by atoms with E-state index in [-0.39, 0.29) is 12.0 Å². The standard InChI is InChI=1S/C20H21F3O6/c21-13-7-5-11(6-8-13)9-12-3-1-2-4-14(12)19(22,23)20(28)18(27)16(26)17(29-20)15(25)10-24/h1-8,15-18,24-28H,9-10H2/t15-,16?,17?,18?,20?/m1/s1. The second-order valence-corrected chi connectivity index (χ2v) is 7.00. The maximum atomic E-state index is 15.4. The number of benzene rings is 2. The lowest BCUT2D eigenvalue weighted by Crippen LogP contribution is -2.55. The zero-order valence-electron chi connectivity index (χ0n) is 15.1. The fourth-order valence-corrected chi connectivity index (χ4v) is 3.42. The monoisotopic (exact) mass is 414 g/mol. The summed E-state index contributed by atoms with van der Waals surface area (Å²) in [6.45, 7) is -0.933. The van der Waals surface area contributed by atoms with E-state index in [4.69, 9.17) is 9.84 Å². The lowest BCUT2D eigenvalue weighted by atomic mass is 9.88. The fraction of sp³-hybridized carbons (Fsp3) is 0.400. The molecule has 158 valence electrons. The number of aliphatic hydroxyl groups excluding tert-OH is 4. The van der Waals surface area contributed by atoms with Gasteiger partial charge in [-0.1, -0.05) is 36.4 Å². The van der Waals surface area contributed by atoms with Gasteiger partial charge in [-0.2, -0.15) is 8.78 Å². The summed E-state index contributed by atoms with van der Waals surface area (Å²) in [6, 6.07) is 10.5. The minimum Gasteiger partial charge on any atom is -0.394 e. The summed E-state index contributed by atoms with van der Waals surface area (Å²) in [5, 5.41) is 49.2. The summed E-state index contributed by atoms with van der Waals surface area (Å²) in [7, 11) is 0. The van der Waals surface area contributed by atoms with E-state index < -0.39 is 54.1 Å². The van der Waals surface area contributed by atoms with Gasteiger partial charge in [0.1, 0.15) is 30.2 Å². The van der Waals surface area contributed by atoms with Gasteiger partial charge in [-0.05, 0) is 29.7 Å². The van der Waals surface area contributed by atoms with Crippen molar-refractivity contribution < 1.29 is 43.4 Å². The van der Waals surface area contributed by atoms with Crippen molar-refractivity contribution in [1.82, 2.24) is 0 Å². The van der Waals surface area contributed by atoms with Crippen LogP contribution in [0.15, 0.2) is 48.5 Å². The molecule has 5 atom stereocenters. The molecule has 6 nitrogen and oxygen atoms in total. The number of halogens is 3. The van der Waals surface area contributed by atoms with Crippen molar-refractivity contribution in [2.24, 2.45) is 0 Å². The van der Waals surface area contributed by atoms with Gasteiger partial charge in [-0.25, -0.2) is 4.39 Å². The first-order valence-corrected chi connectivity index (χ1v) is 8.87. The Morgan fingerprint density at radius 2 is 1.69 bits per heavy atom. The van der Waals surface area contributed by atoms with Crippen LogP contribution in [0.25, 0.3) is 0 Å². The van der Waals surface area contributed by atoms with Crippen LogP contribution in [0.3, 0.4) is 0 Å². The first-order chi connectivity index (χ1) is 13.6. The maximum absolute atomic E-state index is 15.4. The summed E-state index contributed by atoms with van der Waals surface area (Å²) < 4.78 is 48.7. The summed E-state index contributed by atoms with van der Waals surface area (Å²) >= 11 is 0. The molecule has 4 unspecified atom stereocenters. The molecule has 0 bridgehead atoms. The minimum atomic E-state index is -4.20. The quantitative estimate of drug-likeness (QED) is 0.475. The average molecular weight is 414 g/mol. The van der Waals surface area contributed by atoms with Crippen LogP contribution in [-0.4, -0.2) is 62.3 Å². The second kappa shape index (κ2) is 8.02. The van der Waals surface area contributed by atoms with Crippen LogP contribution in [0.5, 0.6) is 0 Å². The molecule has 0 aliphatic carbocycles. The number of hydrogen-bond acceptors (Lipinski definition) is 6. The molecule has 1 fully saturated rings. The molecular weight excluding hydrogens is 393 g/mol. The molecule has 5 N–H and O–H groups in total. The SMILES string of the molecule is OC[C@@H](O)C1OC(O)(C(F)(F)c2ccccc2Cc2ccc(F)cc2)C(O)C1O. The van der Waals surface area contributed by atoms with Crippen LogP contribution in [-0.2, 0) is 17.1 Å². The van der Waals surface area contributed by atoms with Gasteiger partial charge in [0.05, 0.1) is 6.61 Å². The molecule has 1 saturated heterocycles. The Kier molecular flexibility index (Phi) is 6.00. The summed E-state index contributed by atoms with van der Waals surface area (Å²) in [6.07, 6.45) is -8.15. The molecule has 0 radical (unpaired) electrons. The number of ether oxygens (including phenoxy) is 1. The minimum absolute atomic E-state index is 0.0243. The number of aliphatic hydroxyl groups is 5. The Morgan fingerprint density at radius 3 is 2.31 bits per heavy atom. The van der Waals surface area contributed by atoms with Crippen LogP contribution in [0.1, 0.15) is 16.7 Å². The predicted molar refractivity (Wildman–Crippen MR) is 94.5 cm³/mol. The van der Waals surface area contributed by atoms with Gasteiger partial charge in [0.25, 0.3) is 5.79 Å². The van der Waals surface area contributed by atoms with Crippen molar-refractivity contribution in [2.45, 2.75) is 42.5 Å². The van der Waals surface area contributed by atoms with Gasteiger partial charge in [0.15, 0.2) is 0 Å². The molecule has 3 rings (SSSR count). The van der Waals surface area contributed by atoms with E-state index in [0.717, 1.165) is 6.07 Å². The van der Waals surface area contributed by atoms with E-state index >= 15 is 8.78 Å². The lowest BCUT2D eigenvalue weighted by Gasteiger charge is -2.35. The van der Waals surface area contributed by atoms with Crippen LogP contribution in [0.4, 0.5) is 13.2 Å². The molecule has 9 heteroatoms. The third-order valence-corrected chi connectivity index (χ3v) is 5.06. The Balaban J connectivity index is 1.98. The van der Waals surface area contributed by atoms with E-state index in [0.29, 0.717) is 5.56 Å². The van der Waals surface area contributed by atoms with Crippen molar-refractivity contribution in [3.05, 3.63) is 71.0 Å². The molecule has 0 amide bonds. The maximum Gasteiger partial charge on any atom is 0.328 e. The molecule has 1 heterocycles. The number of rotatable bonds is 6. The van der Waals surface area contributed by atoms with Crippen molar-refractivity contribution in [1.29, 1.82) is 0 Å². The Morgan fingerprint density at radius 1 is 1.07 bits per heavy atom. The molecule has 1 aliphatic rings. The van der Waals surface area contributed by atoms with E-state index in [1.165, 1.54) is 42.5 Å². The topological polar surface area (TPSA) is 110 Å². The van der Waals surface area contributed by atoms with Gasteiger partial charge in [0.2, 0.25) is 0 Å². The smallest absolute Gasteiger partial charge is 0.328 e. The van der Waals surface area contributed by atoms with E-state index in [1.807, 2.05) is 0 Å². The van der Waals surface area contributed by atoms with Crippen LogP contribution in [0.2, 0.25) is 0 Å². The zero-order chi connectivity index (χ0) is 21.4. The van der Waals surface area contributed by atoms with Gasteiger partial charge >= 0.3 is 5.92 Å². The first kappa shape index (κ1) is 21.7. The summed E-state index contributed by atoms with van der Waals surface area (Å²) in [5.74, 6) is -8.23. The Hall–Kier alpha value is -2.01. The highest BCUT2D eigenvalue weighted by Gasteiger charge is 2.68. The number of hydrogen-bond donors (Lipinski definition) is 5. The molecule has 2 aromatic rings. The molecular formula is C20H21F3O6. The van der Waals surface area contributed by atoms with E-state index in [1.54, 1.807) is 0 Å². The van der Waals surface area contributed by atoms with Crippen molar-refractivity contribution in [3.8, 4) is 0 Å². The molecule has 29 heavy (non-hydrogen) atoms. The van der Waals surface area contributed by atoms with Crippen LogP contribution >= 0.6 is 0 Å². The first-order valence-electron chi connectivity index (χ1n) is 8.87. The number of alkyl halides is 2. The van der Waals surface area contributed by atoms with Crippen LogP contribution in [0, 0.1) is 5.82 Å². The molecule has 2 aromatic carbocycles. The molecule has 0 aromatic heterocycles. The average Bonchev–Trinajstić information content (AvgIpc) is 2.95. The summed E-state index contributed by atoms with van der Waals surface area (Å²) in [4.78, 5) is 0. The summed E-state index contributed by atoms with van der Waals surface area (Å²) in [5.41, 5.74) is -0.0608. The zero-order valence-corrected chi connectivity index (χ0v) is 15.1. The largest absolute Gasteiger partial charge is 0.394 e. The third kappa shape index (κ3) is 3.77. The second-order valence-electron chi connectivity index (χ2n) is 7.00. The van der Waals surface area contributed by atoms with Crippen molar-refractivity contribution in [2.75, 3.05) is 6.61 Å². The van der Waals surface area contributed by atoms with E-state index in [2.05, 4.69) is 0 Å². The molecule has 0 saturated carbocycles. The highest BCUT2D eigenvalue weighted by Crippen LogP contribution is 2.48. The highest BCUT2D eigenvalue weighted by atomic mass is 19.3. The van der Waals surface area contributed by atoms with Gasteiger partial charge in [0, 0.05) is 5.56 Å². The normalized spacial score (nSPS) is 28.5. The fourth-order valence-electron chi connectivity index (χ4n) is 3.42. The van der Waals surface area contributed by atoms with Crippen LogP contribution < -0.4 is 0 Å². The van der Waals surface area contributed by atoms with Gasteiger partial charge in [-0.15, -0.1) is 0 Å². The Labute approximate surface area is 164 Å². The van der Waals surface area contributed by atoms with Gasteiger partial charge in [-0.3, -0.25) is 0 Å². The Bertz CT molecular complexity index is 846. The molecule has 1 aliphatic heterocycles. The van der Waals surface area contributed by atoms with Gasteiger partial charge < -0.3 is 30.3 Å². The lowest BCUT2D eigenvalue weighted by molar-refractivity contribution is -0.344.